The summed E-state index contributed by atoms with van der Waals surface area (Å²) in [5.74, 6) is 0. The van der Waals surface area contributed by atoms with Crippen molar-refractivity contribution in [1.82, 2.24) is 0 Å². The monoisotopic (exact) mass is 311 g/mol. The van der Waals surface area contributed by atoms with Crippen molar-refractivity contribution in [2.75, 3.05) is 4.43 Å². The first-order valence-electron chi connectivity index (χ1n) is 1.49. The Morgan fingerprint density at radius 3 is 2.33 bits per heavy atom. The summed E-state index contributed by atoms with van der Waals surface area (Å²) < 4.78 is 0.654. The molecule has 0 saturated heterocycles. The fraction of sp³-hybridized carbons (Fsp3) is 0.667. The van der Waals surface area contributed by atoms with Crippen LogP contribution in [0.5, 0.6) is 0 Å². The van der Waals surface area contributed by atoms with Crippen molar-refractivity contribution in [3.63, 3.8) is 0 Å². The molecule has 0 bridgehead atoms. The summed E-state index contributed by atoms with van der Waals surface area (Å²) in [4.78, 5) is 0. The Labute approximate surface area is 64.8 Å². The zero-order chi connectivity index (χ0) is 4.99. The lowest BCUT2D eigenvalue weighted by Crippen LogP contribution is -1.94. The summed E-state index contributed by atoms with van der Waals surface area (Å²) in [5, 5.41) is 8.48. The summed E-state index contributed by atoms with van der Waals surface area (Å²) in [5.41, 5.74) is 0. The topological polar surface area (TPSA) is 20.2 Å². The van der Waals surface area contributed by atoms with E-state index in [1.165, 1.54) is 0 Å². The molecule has 1 N–H and O–H groups in total. The Bertz CT molecular complexity index is 30.0. The molecule has 37 valence electrons. The number of rotatable bonds is 2. The molecule has 0 aliphatic heterocycles. The Morgan fingerprint density at radius 1 is 1.83 bits per heavy atom. The van der Waals surface area contributed by atoms with Crippen LogP contribution in [0.2, 0.25) is 0 Å². The number of halogens is 2. The lowest BCUT2D eigenvalue weighted by Gasteiger charge is -1.91. The van der Waals surface area contributed by atoms with E-state index >= 15 is 0 Å². The Morgan fingerprint density at radius 2 is 2.33 bits per heavy atom. The molecule has 6 heavy (non-hydrogen) atoms. The van der Waals surface area contributed by atoms with E-state index in [4.69, 9.17) is 5.11 Å². The van der Waals surface area contributed by atoms with Gasteiger partial charge in [0.15, 0.2) is 0 Å². The van der Waals surface area contributed by atoms with Crippen molar-refractivity contribution < 1.29 is 5.11 Å². The van der Waals surface area contributed by atoms with Gasteiger partial charge in [0.25, 0.3) is 0 Å². The van der Waals surface area contributed by atoms with E-state index in [-0.39, 0.29) is 4.11 Å². The van der Waals surface area contributed by atoms with Crippen LogP contribution >= 0.6 is 45.2 Å². The van der Waals surface area contributed by atoms with E-state index in [1.54, 1.807) is 0 Å². The van der Waals surface area contributed by atoms with Crippen LogP contribution in [-0.4, -0.2) is 13.6 Å². The SMILES string of the molecule is OC(I)[CH]CI. The number of alkyl halides is 2. The minimum Gasteiger partial charge on any atom is -0.382 e. The van der Waals surface area contributed by atoms with Gasteiger partial charge < -0.3 is 5.11 Å². The minimum absolute atomic E-state index is 0.264. The maximum Gasteiger partial charge on any atom is 0.109 e. The molecule has 0 spiro atoms. The maximum absolute atomic E-state index is 8.48. The molecule has 3 heteroatoms. The van der Waals surface area contributed by atoms with E-state index in [0.717, 1.165) is 4.43 Å². The minimum atomic E-state index is -0.264. The van der Waals surface area contributed by atoms with Gasteiger partial charge in [0.1, 0.15) is 4.11 Å². The van der Waals surface area contributed by atoms with Gasteiger partial charge in [0.05, 0.1) is 0 Å². The highest BCUT2D eigenvalue weighted by Gasteiger charge is 1.91. The zero-order valence-corrected chi connectivity index (χ0v) is 7.38. The van der Waals surface area contributed by atoms with Crippen LogP contribution in [0.4, 0.5) is 0 Å². The highest BCUT2D eigenvalue weighted by atomic mass is 127. The van der Waals surface area contributed by atoms with Crippen molar-refractivity contribution in [1.29, 1.82) is 0 Å². The largest absolute Gasteiger partial charge is 0.382 e. The third-order valence-corrected chi connectivity index (χ3v) is 1.30. The van der Waals surface area contributed by atoms with Crippen molar-refractivity contribution in [3.05, 3.63) is 6.42 Å². The summed E-state index contributed by atoms with van der Waals surface area (Å²) in [7, 11) is 0. The molecule has 1 unspecified atom stereocenters. The second-order valence-corrected chi connectivity index (χ2v) is 2.92. The predicted octanol–water partition coefficient (Wildman–Crippen LogP) is 1.38. The quantitative estimate of drug-likeness (QED) is 0.603. The molecule has 1 nitrogen and oxygen atoms in total. The van der Waals surface area contributed by atoms with Gasteiger partial charge in [0, 0.05) is 10.8 Å². The molecule has 0 heterocycles. The fourth-order valence-electron chi connectivity index (χ4n) is 0.0735. The van der Waals surface area contributed by atoms with Gasteiger partial charge in [-0.15, -0.1) is 0 Å². The van der Waals surface area contributed by atoms with Crippen molar-refractivity contribution >= 4 is 45.2 Å². The van der Waals surface area contributed by atoms with Crippen LogP contribution in [-0.2, 0) is 0 Å². The van der Waals surface area contributed by atoms with Crippen LogP contribution in [0.15, 0.2) is 0 Å². The predicted molar refractivity (Wildman–Crippen MR) is 43.2 cm³/mol. The number of aliphatic hydroxyl groups excluding tert-OH is 1. The molecule has 0 fully saturated rings. The summed E-state index contributed by atoms with van der Waals surface area (Å²) in [6, 6.07) is 0. The van der Waals surface area contributed by atoms with Crippen molar-refractivity contribution in [3.8, 4) is 0 Å². The number of hydrogen-bond acceptors (Lipinski definition) is 1. The highest BCUT2D eigenvalue weighted by Crippen LogP contribution is 2.00. The molecule has 0 amide bonds. The summed E-state index contributed by atoms with van der Waals surface area (Å²) in [6.45, 7) is 0. The smallest absolute Gasteiger partial charge is 0.109 e. The van der Waals surface area contributed by atoms with Gasteiger partial charge in [-0.05, 0) is 0 Å². The summed E-state index contributed by atoms with van der Waals surface area (Å²) >= 11 is 4.12. The normalized spacial score (nSPS) is 14.5. The third-order valence-electron chi connectivity index (χ3n) is 0.284. The maximum atomic E-state index is 8.48. The van der Waals surface area contributed by atoms with Gasteiger partial charge in [-0.1, -0.05) is 45.2 Å². The Kier molecular flexibility index (Phi) is 5.66. The molecular formula is C3H5I2O. The van der Waals surface area contributed by atoms with Gasteiger partial charge >= 0.3 is 0 Å². The van der Waals surface area contributed by atoms with E-state index < -0.39 is 0 Å². The van der Waals surface area contributed by atoms with Crippen LogP contribution in [0, 0.1) is 6.42 Å². The Balaban J connectivity index is 2.63. The van der Waals surface area contributed by atoms with Gasteiger partial charge in [-0.25, -0.2) is 0 Å². The van der Waals surface area contributed by atoms with Gasteiger partial charge in [-0.3, -0.25) is 0 Å². The van der Waals surface area contributed by atoms with Crippen LogP contribution in [0.1, 0.15) is 0 Å². The second kappa shape index (κ2) is 4.58. The molecule has 0 aliphatic carbocycles. The Hall–Kier alpha value is 1.42. The molecule has 0 aliphatic rings. The average molecular weight is 311 g/mol. The lowest BCUT2D eigenvalue weighted by atomic mass is 10.5. The highest BCUT2D eigenvalue weighted by molar-refractivity contribution is 14.1. The average Bonchev–Trinajstić information content (AvgIpc) is 1.35. The zero-order valence-electron chi connectivity index (χ0n) is 3.06. The second-order valence-electron chi connectivity index (χ2n) is 0.763. The van der Waals surface area contributed by atoms with E-state index in [1.807, 2.05) is 29.0 Å². The molecule has 0 saturated carbocycles. The first-order chi connectivity index (χ1) is 2.77. The third kappa shape index (κ3) is 5.42. The van der Waals surface area contributed by atoms with Crippen LogP contribution < -0.4 is 0 Å². The molecule has 0 aromatic rings. The fourth-order valence-corrected chi connectivity index (χ4v) is 1.78. The van der Waals surface area contributed by atoms with Crippen molar-refractivity contribution in [2.45, 2.75) is 4.11 Å². The standard InChI is InChI=1S/C3H5I2O/c4-2-1-3(5)6/h1,3,6H,2H2. The van der Waals surface area contributed by atoms with Crippen molar-refractivity contribution in [2.24, 2.45) is 0 Å². The van der Waals surface area contributed by atoms with Gasteiger partial charge in [0.2, 0.25) is 0 Å². The first kappa shape index (κ1) is 7.42. The lowest BCUT2D eigenvalue weighted by molar-refractivity contribution is 0.311. The summed E-state index contributed by atoms with van der Waals surface area (Å²) in [6.07, 6.45) is 1.82. The van der Waals surface area contributed by atoms with E-state index in [9.17, 15) is 0 Å². The van der Waals surface area contributed by atoms with Gasteiger partial charge in [-0.2, -0.15) is 0 Å². The van der Waals surface area contributed by atoms with E-state index in [2.05, 4.69) is 22.6 Å². The molecule has 1 radical (unpaired) electrons. The molecular weight excluding hydrogens is 306 g/mol. The van der Waals surface area contributed by atoms with Crippen LogP contribution in [0.3, 0.4) is 0 Å². The first-order valence-corrected chi connectivity index (χ1v) is 4.26. The van der Waals surface area contributed by atoms with E-state index in [0.29, 0.717) is 0 Å². The number of aliphatic hydroxyl groups is 1. The molecule has 1 atom stereocenters. The number of hydrogen-bond donors (Lipinski definition) is 1. The molecule has 0 rings (SSSR count). The molecule has 0 aromatic heterocycles. The molecule has 0 aromatic carbocycles. The van der Waals surface area contributed by atoms with Crippen LogP contribution in [0.25, 0.3) is 0 Å².